The maximum absolute atomic E-state index is 12.9. The minimum Gasteiger partial charge on any atom is -0.444 e. The van der Waals surface area contributed by atoms with Crippen molar-refractivity contribution in [1.29, 1.82) is 0 Å². The van der Waals surface area contributed by atoms with Gasteiger partial charge in [-0.25, -0.2) is 4.79 Å². The van der Waals surface area contributed by atoms with Crippen molar-refractivity contribution >= 4 is 23.8 Å². The van der Waals surface area contributed by atoms with Gasteiger partial charge in [0.1, 0.15) is 5.60 Å². The van der Waals surface area contributed by atoms with Crippen LogP contribution < -0.4 is 10.6 Å². The minimum atomic E-state index is -0.727. The Balaban J connectivity index is 2.22. The molecule has 1 atom stereocenters. The smallest absolute Gasteiger partial charge is 0.414 e. The summed E-state index contributed by atoms with van der Waals surface area (Å²) < 4.78 is 5.23. The highest BCUT2D eigenvalue weighted by atomic mass is 32.2. The van der Waals surface area contributed by atoms with Gasteiger partial charge in [-0.2, -0.15) is 11.8 Å². The van der Waals surface area contributed by atoms with Crippen LogP contribution in [0.2, 0.25) is 0 Å². The predicted octanol–water partition coefficient (Wildman–Crippen LogP) is 4.54. The van der Waals surface area contributed by atoms with Gasteiger partial charge in [0.05, 0.1) is 12.1 Å². The summed E-state index contributed by atoms with van der Waals surface area (Å²) in [6.07, 6.45) is 1.86. The number of rotatable bonds is 8. The first kappa shape index (κ1) is 23.0. The highest BCUT2D eigenvalue weighted by Crippen LogP contribution is 2.23. The maximum atomic E-state index is 12.9. The van der Waals surface area contributed by atoms with Crippen molar-refractivity contribution in [3.05, 3.63) is 71.8 Å². The SMILES string of the molecule is CSCC[C@H](NC(c1ccccc1)c1ccccc1)C(=O)NC(=O)OC(C)(C)C. The molecule has 6 heteroatoms. The number of hydrogen-bond donors (Lipinski definition) is 2. The van der Waals surface area contributed by atoms with Crippen molar-refractivity contribution < 1.29 is 14.3 Å². The van der Waals surface area contributed by atoms with Gasteiger partial charge in [0.2, 0.25) is 5.91 Å². The summed E-state index contributed by atoms with van der Waals surface area (Å²) in [6.45, 7) is 5.30. The van der Waals surface area contributed by atoms with Crippen LogP contribution in [0.4, 0.5) is 4.79 Å². The molecule has 0 spiro atoms. The highest BCUT2D eigenvalue weighted by molar-refractivity contribution is 7.98. The number of ether oxygens (including phenoxy) is 1. The van der Waals surface area contributed by atoms with Crippen LogP contribution in [-0.4, -0.2) is 35.7 Å². The number of amides is 2. The monoisotopic (exact) mass is 414 g/mol. The Hall–Kier alpha value is -2.31. The molecule has 29 heavy (non-hydrogen) atoms. The van der Waals surface area contributed by atoms with Crippen LogP contribution >= 0.6 is 11.8 Å². The topological polar surface area (TPSA) is 67.4 Å². The third-order valence-electron chi connectivity index (χ3n) is 4.18. The molecule has 2 aromatic carbocycles. The molecule has 0 bridgehead atoms. The average molecular weight is 415 g/mol. The first-order valence-corrected chi connectivity index (χ1v) is 11.1. The Morgan fingerprint density at radius 3 is 1.93 bits per heavy atom. The van der Waals surface area contributed by atoms with E-state index in [1.807, 2.05) is 66.9 Å². The second kappa shape index (κ2) is 11.0. The van der Waals surface area contributed by atoms with Gasteiger partial charge in [-0.15, -0.1) is 0 Å². The number of nitrogens with one attached hydrogen (secondary N) is 2. The van der Waals surface area contributed by atoms with Crippen molar-refractivity contribution in [3.8, 4) is 0 Å². The van der Waals surface area contributed by atoms with E-state index in [4.69, 9.17) is 4.74 Å². The fourth-order valence-electron chi connectivity index (χ4n) is 2.89. The van der Waals surface area contributed by atoms with Crippen molar-refractivity contribution in [1.82, 2.24) is 10.6 Å². The van der Waals surface area contributed by atoms with Gasteiger partial charge in [0.25, 0.3) is 0 Å². The van der Waals surface area contributed by atoms with Crippen LogP contribution in [0.25, 0.3) is 0 Å². The molecule has 0 heterocycles. The van der Waals surface area contributed by atoms with Crippen LogP contribution in [0.1, 0.15) is 44.4 Å². The molecule has 0 fully saturated rings. The summed E-state index contributed by atoms with van der Waals surface area (Å²) >= 11 is 1.66. The Kier molecular flexibility index (Phi) is 8.73. The average Bonchev–Trinajstić information content (AvgIpc) is 2.68. The van der Waals surface area contributed by atoms with E-state index in [9.17, 15) is 9.59 Å². The molecule has 0 saturated heterocycles. The Morgan fingerprint density at radius 2 is 1.48 bits per heavy atom. The van der Waals surface area contributed by atoms with E-state index in [0.29, 0.717) is 6.42 Å². The second-order valence-electron chi connectivity index (χ2n) is 7.75. The fourth-order valence-corrected chi connectivity index (χ4v) is 3.37. The molecule has 0 saturated carbocycles. The van der Waals surface area contributed by atoms with Gasteiger partial charge in [0, 0.05) is 0 Å². The lowest BCUT2D eigenvalue weighted by atomic mass is 9.97. The third kappa shape index (κ3) is 7.91. The molecular weight excluding hydrogens is 384 g/mol. The zero-order chi connectivity index (χ0) is 21.3. The number of alkyl carbamates (subject to hydrolysis) is 1. The third-order valence-corrected chi connectivity index (χ3v) is 4.83. The molecule has 2 aromatic rings. The minimum absolute atomic E-state index is 0.173. The van der Waals surface area contributed by atoms with Crippen LogP contribution in [-0.2, 0) is 9.53 Å². The lowest BCUT2D eigenvalue weighted by Crippen LogP contribution is -2.49. The molecule has 2 amide bonds. The Bertz CT molecular complexity index is 736. The Labute approximate surface area is 177 Å². The number of hydrogen-bond acceptors (Lipinski definition) is 5. The van der Waals surface area contributed by atoms with E-state index in [1.54, 1.807) is 32.5 Å². The molecule has 0 radical (unpaired) electrons. The van der Waals surface area contributed by atoms with Crippen molar-refractivity contribution in [2.75, 3.05) is 12.0 Å². The molecule has 0 aromatic heterocycles. The summed E-state index contributed by atoms with van der Waals surface area (Å²) in [5.74, 6) is 0.403. The Morgan fingerprint density at radius 1 is 0.966 bits per heavy atom. The maximum Gasteiger partial charge on any atom is 0.414 e. The normalized spacial score (nSPS) is 12.4. The van der Waals surface area contributed by atoms with Gasteiger partial charge < -0.3 is 4.74 Å². The van der Waals surface area contributed by atoms with E-state index in [-0.39, 0.29) is 11.9 Å². The van der Waals surface area contributed by atoms with E-state index < -0.39 is 17.7 Å². The second-order valence-corrected chi connectivity index (χ2v) is 8.73. The number of carbonyl (C=O) groups excluding carboxylic acids is 2. The van der Waals surface area contributed by atoms with Gasteiger partial charge in [-0.1, -0.05) is 60.7 Å². The van der Waals surface area contributed by atoms with Crippen LogP contribution in [0.5, 0.6) is 0 Å². The lowest BCUT2D eigenvalue weighted by molar-refractivity contribution is -0.123. The number of thioether (sulfide) groups is 1. The molecule has 156 valence electrons. The van der Waals surface area contributed by atoms with Crippen LogP contribution in [0.15, 0.2) is 60.7 Å². The predicted molar refractivity (Wildman–Crippen MR) is 119 cm³/mol. The highest BCUT2D eigenvalue weighted by Gasteiger charge is 2.27. The van der Waals surface area contributed by atoms with Gasteiger partial charge >= 0.3 is 6.09 Å². The molecule has 0 aliphatic rings. The van der Waals surface area contributed by atoms with E-state index in [2.05, 4.69) is 10.6 Å². The standard InChI is InChI=1S/C23H30N2O3S/c1-23(2,3)28-22(27)25-21(26)19(15-16-29-4)24-20(17-11-7-5-8-12-17)18-13-9-6-10-14-18/h5-14,19-20,24H,15-16H2,1-4H3,(H,25,26,27)/t19-/m0/s1. The molecule has 5 nitrogen and oxygen atoms in total. The quantitative estimate of drug-likeness (QED) is 0.664. The number of benzene rings is 2. The summed E-state index contributed by atoms with van der Waals surface area (Å²) in [6, 6.07) is 19.2. The van der Waals surface area contributed by atoms with E-state index >= 15 is 0 Å². The summed E-state index contributed by atoms with van der Waals surface area (Å²) in [5, 5.41) is 5.84. The van der Waals surface area contributed by atoms with Crippen LogP contribution in [0, 0.1) is 0 Å². The molecule has 2 rings (SSSR count). The van der Waals surface area contributed by atoms with Crippen LogP contribution in [0.3, 0.4) is 0 Å². The van der Waals surface area contributed by atoms with E-state index in [1.165, 1.54) is 0 Å². The largest absolute Gasteiger partial charge is 0.444 e. The first-order chi connectivity index (χ1) is 13.8. The summed E-state index contributed by atoms with van der Waals surface area (Å²) in [5.41, 5.74) is 1.44. The number of imide groups is 1. The lowest BCUT2D eigenvalue weighted by Gasteiger charge is -2.26. The van der Waals surface area contributed by atoms with E-state index in [0.717, 1.165) is 16.9 Å². The van der Waals surface area contributed by atoms with Gasteiger partial charge in [0.15, 0.2) is 0 Å². The van der Waals surface area contributed by atoms with Gasteiger partial charge in [-0.3, -0.25) is 15.4 Å². The van der Waals surface area contributed by atoms with Crippen molar-refractivity contribution in [2.24, 2.45) is 0 Å². The zero-order valence-electron chi connectivity index (χ0n) is 17.5. The van der Waals surface area contributed by atoms with Gasteiger partial charge in [-0.05, 0) is 50.3 Å². The summed E-state index contributed by atoms with van der Waals surface area (Å²) in [4.78, 5) is 24.9. The molecule has 0 unspecified atom stereocenters. The summed E-state index contributed by atoms with van der Waals surface area (Å²) in [7, 11) is 0. The van der Waals surface area contributed by atoms with Crippen molar-refractivity contribution in [2.45, 2.75) is 44.9 Å². The zero-order valence-corrected chi connectivity index (χ0v) is 18.3. The molecule has 0 aliphatic carbocycles. The van der Waals surface area contributed by atoms with Crippen molar-refractivity contribution in [3.63, 3.8) is 0 Å². The fraction of sp³-hybridized carbons (Fsp3) is 0.391. The number of carbonyl (C=O) groups is 2. The first-order valence-electron chi connectivity index (χ1n) is 9.69. The molecule has 2 N–H and O–H groups in total. The molecule has 0 aliphatic heterocycles. The molecular formula is C23H30N2O3S.